The molecule has 0 bridgehead atoms. The average Bonchev–Trinajstić information content (AvgIpc) is 2.44. The van der Waals surface area contributed by atoms with Crippen molar-refractivity contribution in [2.45, 2.75) is 25.6 Å². The van der Waals surface area contributed by atoms with Gasteiger partial charge in [-0.05, 0) is 13.8 Å². The van der Waals surface area contributed by atoms with E-state index in [2.05, 4.69) is 35.8 Å². The predicted molar refractivity (Wildman–Crippen MR) is 77.9 cm³/mol. The third-order valence-corrected chi connectivity index (χ3v) is 3.61. The van der Waals surface area contributed by atoms with Crippen LogP contribution in [0.4, 0.5) is 5.95 Å². The summed E-state index contributed by atoms with van der Waals surface area (Å²) in [7, 11) is 3.03. The first-order chi connectivity index (χ1) is 9.47. The third-order valence-electron chi connectivity index (χ3n) is 2.88. The lowest BCUT2D eigenvalue weighted by Crippen LogP contribution is -2.54. The van der Waals surface area contributed by atoms with Crippen molar-refractivity contribution < 1.29 is 14.2 Å². The highest BCUT2D eigenvalue weighted by Crippen LogP contribution is 2.26. The molecule has 2 heterocycles. The maximum atomic E-state index is 5.97. The van der Waals surface area contributed by atoms with Crippen molar-refractivity contribution in [2.24, 2.45) is 0 Å². The molecule has 2 rings (SSSR count). The molecule has 1 aliphatic rings. The minimum Gasteiger partial charge on any atom is -0.467 e. The summed E-state index contributed by atoms with van der Waals surface area (Å²) >= 11 is 3.46. The van der Waals surface area contributed by atoms with Crippen molar-refractivity contribution >= 4 is 21.9 Å². The highest BCUT2D eigenvalue weighted by molar-refractivity contribution is 9.09. The highest BCUT2D eigenvalue weighted by Gasteiger charge is 2.34. The molecule has 1 aliphatic heterocycles. The maximum Gasteiger partial charge on any atom is 0.324 e. The van der Waals surface area contributed by atoms with Crippen LogP contribution in [0.3, 0.4) is 0 Å². The van der Waals surface area contributed by atoms with Gasteiger partial charge in [0.2, 0.25) is 5.95 Å². The standard InChI is InChI=1S/C12H19BrN4O3/c1-12(2)7-17(6-8(5-13)20-12)9-14-10(18-3)16-11(15-9)19-4/h8H,5-7H2,1-4H3. The van der Waals surface area contributed by atoms with E-state index in [4.69, 9.17) is 14.2 Å². The van der Waals surface area contributed by atoms with Gasteiger partial charge in [-0.1, -0.05) is 15.9 Å². The minimum atomic E-state index is -0.274. The molecule has 8 heteroatoms. The Balaban J connectivity index is 2.29. The Morgan fingerprint density at radius 2 is 1.85 bits per heavy atom. The normalized spacial score (nSPS) is 21.6. The Bertz CT molecular complexity index is 450. The number of aromatic nitrogens is 3. The van der Waals surface area contributed by atoms with Gasteiger partial charge in [0.15, 0.2) is 0 Å². The second-order valence-corrected chi connectivity index (χ2v) is 5.79. The number of nitrogens with zero attached hydrogens (tertiary/aromatic N) is 4. The third kappa shape index (κ3) is 3.49. The number of alkyl halides is 1. The molecule has 1 fully saturated rings. The van der Waals surface area contributed by atoms with Gasteiger partial charge in [-0.15, -0.1) is 4.98 Å². The maximum absolute atomic E-state index is 5.97. The van der Waals surface area contributed by atoms with Crippen molar-refractivity contribution in [3.63, 3.8) is 0 Å². The molecule has 0 aliphatic carbocycles. The SMILES string of the molecule is COc1nc(OC)nc(N2CC(CBr)OC(C)(C)C2)n1. The Kier molecular flexibility index (Phi) is 4.64. The van der Waals surface area contributed by atoms with E-state index in [-0.39, 0.29) is 23.7 Å². The van der Waals surface area contributed by atoms with Crippen molar-refractivity contribution in [3.8, 4) is 12.0 Å². The Morgan fingerprint density at radius 3 is 2.35 bits per heavy atom. The van der Waals surface area contributed by atoms with Crippen LogP contribution in [0, 0.1) is 0 Å². The van der Waals surface area contributed by atoms with E-state index in [0.717, 1.165) is 5.33 Å². The molecule has 0 N–H and O–H groups in total. The molecule has 0 spiro atoms. The first-order valence-corrected chi connectivity index (χ1v) is 7.42. The summed E-state index contributed by atoms with van der Waals surface area (Å²) in [5.41, 5.74) is -0.274. The molecular weight excluding hydrogens is 328 g/mol. The lowest BCUT2D eigenvalue weighted by Gasteiger charge is -2.42. The second-order valence-electron chi connectivity index (χ2n) is 5.14. The largest absolute Gasteiger partial charge is 0.467 e. The van der Waals surface area contributed by atoms with Gasteiger partial charge in [-0.3, -0.25) is 0 Å². The molecule has 20 heavy (non-hydrogen) atoms. The summed E-state index contributed by atoms with van der Waals surface area (Å²) in [6.07, 6.45) is 0.0764. The zero-order valence-electron chi connectivity index (χ0n) is 12.1. The summed E-state index contributed by atoms with van der Waals surface area (Å²) in [6.45, 7) is 5.48. The van der Waals surface area contributed by atoms with Crippen LogP contribution in [0.15, 0.2) is 0 Å². The van der Waals surface area contributed by atoms with Crippen molar-refractivity contribution in [1.29, 1.82) is 0 Å². The van der Waals surface area contributed by atoms with Gasteiger partial charge in [-0.25, -0.2) is 0 Å². The van der Waals surface area contributed by atoms with E-state index < -0.39 is 0 Å². The average molecular weight is 347 g/mol. The van der Waals surface area contributed by atoms with Gasteiger partial charge in [0.1, 0.15) is 0 Å². The topological polar surface area (TPSA) is 69.6 Å². The summed E-state index contributed by atoms with van der Waals surface area (Å²) in [4.78, 5) is 14.6. The van der Waals surface area contributed by atoms with Gasteiger partial charge in [-0.2, -0.15) is 9.97 Å². The fourth-order valence-electron chi connectivity index (χ4n) is 2.18. The Morgan fingerprint density at radius 1 is 1.25 bits per heavy atom. The molecule has 1 saturated heterocycles. The summed E-state index contributed by atoms with van der Waals surface area (Å²) < 4.78 is 16.1. The Hall–Kier alpha value is -1.15. The van der Waals surface area contributed by atoms with Crippen LogP contribution in [-0.4, -0.2) is 59.3 Å². The summed E-state index contributed by atoms with van der Waals surface area (Å²) in [6, 6.07) is 0.484. The van der Waals surface area contributed by atoms with Gasteiger partial charge < -0.3 is 19.1 Å². The molecule has 0 aromatic carbocycles. The number of ether oxygens (including phenoxy) is 3. The van der Waals surface area contributed by atoms with Gasteiger partial charge in [0.05, 0.1) is 25.9 Å². The first kappa shape index (κ1) is 15.2. The predicted octanol–water partition coefficient (Wildman–Crippen LogP) is 1.27. The van der Waals surface area contributed by atoms with Gasteiger partial charge in [0, 0.05) is 18.4 Å². The van der Waals surface area contributed by atoms with E-state index in [9.17, 15) is 0 Å². The van der Waals surface area contributed by atoms with Crippen LogP contribution in [0.25, 0.3) is 0 Å². The number of rotatable bonds is 4. The number of anilines is 1. The monoisotopic (exact) mass is 346 g/mol. The number of morpholine rings is 1. The van der Waals surface area contributed by atoms with Crippen LogP contribution in [0.1, 0.15) is 13.8 Å². The molecule has 0 radical (unpaired) electrons. The summed E-state index contributed by atoms with van der Waals surface area (Å²) in [5, 5.41) is 0.756. The lowest BCUT2D eigenvalue weighted by atomic mass is 10.1. The van der Waals surface area contributed by atoms with Crippen LogP contribution in [-0.2, 0) is 4.74 Å². The molecular formula is C12H19BrN4O3. The number of hydrogen-bond acceptors (Lipinski definition) is 7. The van der Waals surface area contributed by atoms with Crippen LogP contribution in [0.5, 0.6) is 12.0 Å². The van der Waals surface area contributed by atoms with E-state index in [0.29, 0.717) is 19.0 Å². The number of methoxy groups -OCH3 is 2. The fraction of sp³-hybridized carbons (Fsp3) is 0.750. The van der Waals surface area contributed by atoms with Crippen molar-refractivity contribution in [3.05, 3.63) is 0 Å². The highest BCUT2D eigenvalue weighted by atomic mass is 79.9. The van der Waals surface area contributed by atoms with Gasteiger partial charge in [0.25, 0.3) is 0 Å². The van der Waals surface area contributed by atoms with Gasteiger partial charge >= 0.3 is 12.0 Å². The molecule has 1 aromatic heterocycles. The van der Waals surface area contributed by atoms with Crippen LogP contribution >= 0.6 is 15.9 Å². The van der Waals surface area contributed by atoms with Crippen LogP contribution in [0.2, 0.25) is 0 Å². The van der Waals surface area contributed by atoms with E-state index in [1.54, 1.807) is 0 Å². The molecule has 1 unspecified atom stereocenters. The quantitative estimate of drug-likeness (QED) is 0.760. The molecule has 1 atom stereocenters. The van der Waals surface area contributed by atoms with E-state index in [1.807, 2.05) is 13.8 Å². The zero-order chi connectivity index (χ0) is 14.8. The zero-order valence-corrected chi connectivity index (χ0v) is 13.7. The van der Waals surface area contributed by atoms with E-state index >= 15 is 0 Å². The molecule has 7 nitrogen and oxygen atoms in total. The minimum absolute atomic E-state index is 0.0764. The lowest BCUT2D eigenvalue weighted by molar-refractivity contribution is -0.0728. The van der Waals surface area contributed by atoms with Crippen molar-refractivity contribution in [2.75, 3.05) is 37.5 Å². The second kappa shape index (κ2) is 6.09. The smallest absolute Gasteiger partial charge is 0.324 e. The Labute approximate surface area is 126 Å². The number of hydrogen-bond donors (Lipinski definition) is 0. The molecule has 1 aromatic rings. The summed E-state index contributed by atoms with van der Waals surface area (Å²) in [5.74, 6) is 0.538. The van der Waals surface area contributed by atoms with E-state index in [1.165, 1.54) is 14.2 Å². The number of halogens is 1. The first-order valence-electron chi connectivity index (χ1n) is 6.30. The van der Waals surface area contributed by atoms with Crippen LogP contribution < -0.4 is 14.4 Å². The fourth-order valence-corrected chi connectivity index (χ4v) is 2.52. The van der Waals surface area contributed by atoms with Crippen molar-refractivity contribution in [1.82, 2.24) is 15.0 Å². The molecule has 112 valence electrons. The molecule has 0 saturated carbocycles. The molecule has 0 amide bonds.